The van der Waals surface area contributed by atoms with Gasteiger partial charge in [0.05, 0.1) is 5.69 Å². The third kappa shape index (κ3) is 3.83. The number of pyridine rings is 1. The van der Waals surface area contributed by atoms with Crippen LogP contribution in [0.1, 0.15) is 45.0 Å². The van der Waals surface area contributed by atoms with Crippen molar-refractivity contribution in [2.24, 2.45) is 0 Å². The minimum Gasteiger partial charge on any atom is -0.503 e. The topological polar surface area (TPSA) is 45.5 Å². The van der Waals surface area contributed by atoms with Gasteiger partial charge in [0.25, 0.3) is 0 Å². The second kappa shape index (κ2) is 7.34. The molecular weight excluding hydrogens is 240 g/mol. The van der Waals surface area contributed by atoms with Crippen LogP contribution in [0.15, 0.2) is 10.9 Å². The molecule has 0 spiro atoms. The molecular formula is C15H26N2O2. The van der Waals surface area contributed by atoms with Crippen LogP contribution in [0.4, 0.5) is 0 Å². The van der Waals surface area contributed by atoms with Crippen molar-refractivity contribution in [2.45, 2.75) is 53.6 Å². The minimum atomic E-state index is -0.274. The molecule has 0 bridgehead atoms. The zero-order valence-electron chi connectivity index (χ0n) is 12.6. The summed E-state index contributed by atoms with van der Waals surface area (Å²) in [5.74, 6) is -0.0950. The van der Waals surface area contributed by atoms with Gasteiger partial charge in [-0.1, -0.05) is 20.3 Å². The van der Waals surface area contributed by atoms with E-state index in [0.29, 0.717) is 6.54 Å². The molecule has 4 nitrogen and oxygen atoms in total. The molecule has 108 valence electrons. The highest BCUT2D eigenvalue weighted by molar-refractivity contribution is 5.29. The first kappa shape index (κ1) is 15.8. The molecule has 0 unspecified atom stereocenters. The summed E-state index contributed by atoms with van der Waals surface area (Å²) in [5.41, 5.74) is 1.38. The molecule has 1 aromatic heterocycles. The van der Waals surface area contributed by atoms with E-state index in [0.717, 1.165) is 43.9 Å². The lowest BCUT2D eigenvalue weighted by Gasteiger charge is -2.24. The van der Waals surface area contributed by atoms with Gasteiger partial charge in [-0.2, -0.15) is 0 Å². The predicted octanol–water partition coefficient (Wildman–Crippen LogP) is 2.50. The van der Waals surface area contributed by atoms with E-state index >= 15 is 0 Å². The van der Waals surface area contributed by atoms with Gasteiger partial charge in [-0.15, -0.1) is 0 Å². The van der Waals surface area contributed by atoms with E-state index in [1.54, 1.807) is 0 Å². The summed E-state index contributed by atoms with van der Waals surface area (Å²) in [4.78, 5) is 14.0. The number of hydrogen-bond donors (Lipinski definition) is 1. The van der Waals surface area contributed by atoms with E-state index in [4.69, 9.17) is 0 Å². The van der Waals surface area contributed by atoms with Crippen molar-refractivity contribution in [2.75, 3.05) is 13.1 Å². The quantitative estimate of drug-likeness (QED) is 0.824. The van der Waals surface area contributed by atoms with Crippen molar-refractivity contribution in [3.63, 3.8) is 0 Å². The molecule has 4 heteroatoms. The Kier molecular flexibility index (Phi) is 6.09. The van der Waals surface area contributed by atoms with Crippen LogP contribution in [0.2, 0.25) is 0 Å². The number of hydrogen-bond acceptors (Lipinski definition) is 3. The SMILES string of the molecule is CCCCN(CC)Cc1c(O)c(=O)cc(C)n1CC. The van der Waals surface area contributed by atoms with Crippen LogP contribution in [0, 0.1) is 6.92 Å². The van der Waals surface area contributed by atoms with Gasteiger partial charge in [0.1, 0.15) is 0 Å². The smallest absolute Gasteiger partial charge is 0.223 e. The molecule has 0 saturated carbocycles. The van der Waals surface area contributed by atoms with E-state index in [2.05, 4.69) is 18.7 Å². The summed E-state index contributed by atoms with van der Waals surface area (Å²) in [6.45, 7) is 11.5. The van der Waals surface area contributed by atoms with Crippen molar-refractivity contribution in [1.29, 1.82) is 0 Å². The van der Waals surface area contributed by atoms with E-state index in [-0.39, 0.29) is 11.2 Å². The number of aromatic hydroxyl groups is 1. The highest BCUT2D eigenvalue weighted by atomic mass is 16.3. The Morgan fingerprint density at radius 2 is 2.00 bits per heavy atom. The number of unbranched alkanes of at least 4 members (excludes halogenated alkanes) is 1. The summed E-state index contributed by atoms with van der Waals surface area (Å²) >= 11 is 0. The lowest BCUT2D eigenvalue weighted by atomic mass is 10.2. The Labute approximate surface area is 115 Å². The number of aromatic nitrogens is 1. The van der Waals surface area contributed by atoms with Crippen LogP contribution in [0.25, 0.3) is 0 Å². The van der Waals surface area contributed by atoms with Crippen molar-refractivity contribution in [1.82, 2.24) is 9.47 Å². The Hall–Kier alpha value is -1.29. The van der Waals surface area contributed by atoms with Gasteiger partial charge in [0.2, 0.25) is 5.43 Å². The maximum absolute atomic E-state index is 11.7. The highest BCUT2D eigenvalue weighted by Gasteiger charge is 2.14. The minimum absolute atomic E-state index is 0.0950. The first-order valence-electron chi connectivity index (χ1n) is 7.19. The number of rotatable bonds is 7. The monoisotopic (exact) mass is 266 g/mol. The average molecular weight is 266 g/mol. The number of aryl methyl sites for hydroxylation is 1. The average Bonchev–Trinajstić information content (AvgIpc) is 2.40. The van der Waals surface area contributed by atoms with E-state index in [1.807, 2.05) is 18.4 Å². The molecule has 1 heterocycles. The standard InChI is InChI=1S/C15H26N2O2/c1-5-8-9-16(6-2)11-13-15(19)14(18)10-12(4)17(13)7-3/h10,19H,5-9,11H2,1-4H3. The molecule has 1 rings (SSSR count). The fraction of sp³-hybridized carbons (Fsp3) is 0.667. The molecule has 0 radical (unpaired) electrons. The molecule has 0 atom stereocenters. The van der Waals surface area contributed by atoms with Crippen LogP contribution < -0.4 is 5.43 Å². The molecule has 0 amide bonds. The van der Waals surface area contributed by atoms with Gasteiger partial charge in [-0.05, 0) is 33.4 Å². The number of nitrogens with zero attached hydrogens (tertiary/aromatic N) is 2. The second-order valence-corrected chi connectivity index (χ2v) is 4.91. The van der Waals surface area contributed by atoms with Crippen molar-refractivity contribution in [3.05, 3.63) is 27.7 Å². The molecule has 1 aromatic rings. The third-order valence-corrected chi connectivity index (χ3v) is 3.56. The lowest BCUT2D eigenvalue weighted by Crippen LogP contribution is -2.28. The Morgan fingerprint density at radius 3 is 2.53 bits per heavy atom. The maximum Gasteiger partial charge on any atom is 0.223 e. The van der Waals surface area contributed by atoms with Crippen LogP contribution in [-0.4, -0.2) is 27.7 Å². The van der Waals surface area contributed by atoms with Crippen LogP contribution in [0.5, 0.6) is 5.75 Å². The largest absolute Gasteiger partial charge is 0.503 e. The van der Waals surface area contributed by atoms with Crippen molar-refractivity contribution >= 4 is 0 Å². The van der Waals surface area contributed by atoms with Crippen LogP contribution in [0.3, 0.4) is 0 Å². The fourth-order valence-electron chi connectivity index (χ4n) is 2.36. The van der Waals surface area contributed by atoms with Crippen LogP contribution >= 0.6 is 0 Å². The zero-order valence-corrected chi connectivity index (χ0v) is 12.6. The normalized spacial score (nSPS) is 11.2. The van der Waals surface area contributed by atoms with Crippen molar-refractivity contribution < 1.29 is 5.11 Å². The van der Waals surface area contributed by atoms with Crippen molar-refractivity contribution in [3.8, 4) is 5.75 Å². The zero-order chi connectivity index (χ0) is 14.4. The molecule has 1 N–H and O–H groups in total. The molecule has 0 aromatic carbocycles. The Balaban J connectivity index is 3.07. The third-order valence-electron chi connectivity index (χ3n) is 3.56. The van der Waals surface area contributed by atoms with Gasteiger partial charge in [0.15, 0.2) is 5.75 Å². The molecule has 0 aliphatic carbocycles. The van der Waals surface area contributed by atoms with Gasteiger partial charge in [-0.25, -0.2) is 0 Å². The van der Waals surface area contributed by atoms with Gasteiger partial charge < -0.3 is 9.67 Å². The maximum atomic E-state index is 11.7. The second-order valence-electron chi connectivity index (χ2n) is 4.91. The Bertz CT molecular complexity index is 466. The summed E-state index contributed by atoms with van der Waals surface area (Å²) in [5, 5.41) is 10.0. The van der Waals surface area contributed by atoms with Crippen LogP contribution in [-0.2, 0) is 13.1 Å². The summed E-state index contributed by atoms with van der Waals surface area (Å²) in [6.07, 6.45) is 2.29. The van der Waals surface area contributed by atoms with Gasteiger partial charge in [0, 0.05) is 24.8 Å². The summed E-state index contributed by atoms with van der Waals surface area (Å²) in [7, 11) is 0. The van der Waals surface area contributed by atoms with Gasteiger partial charge in [-0.3, -0.25) is 9.69 Å². The molecule has 0 aliphatic heterocycles. The summed E-state index contributed by atoms with van der Waals surface area (Å²) < 4.78 is 2.02. The molecule has 19 heavy (non-hydrogen) atoms. The molecule has 0 saturated heterocycles. The first-order valence-corrected chi connectivity index (χ1v) is 7.19. The summed E-state index contributed by atoms with van der Waals surface area (Å²) in [6, 6.07) is 1.50. The first-order chi connectivity index (χ1) is 9.04. The van der Waals surface area contributed by atoms with Gasteiger partial charge >= 0.3 is 0 Å². The van der Waals surface area contributed by atoms with E-state index in [1.165, 1.54) is 6.07 Å². The lowest BCUT2D eigenvalue weighted by molar-refractivity contribution is 0.261. The predicted molar refractivity (Wildman–Crippen MR) is 78.6 cm³/mol. The fourth-order valence-corrected chi connectivity index (χ4v) is 2.36. The Morgan fingerprint density at radius 1 is 1.32 bits per heavy atom. The molecule has 0 aliphatic rings. The molecule has 0 fully saturated rings. The van der Waals surface area contributed by atoms with E-state index in [9.17, 15) is 9.90 Å². The highest BCUT2D eigenvalue weighted by Crippen LogP contribution is 2.17. The van der Waals surface area contributed by atoms with E-state index < -0.39 is 0 Å².